The van der Waals surface area contributed by atoms with Gasteiger partial charge in [-0.25, -0.2) is 4.98 Å². The Hall–Kier alpha value is -1.85. The number of hydrogen-bond acceptors (Lipinski definition) is 5. The molecule has 1 heterocycles. The second-order valence-corrected chi connectivity index (χ2v) is 5.24. The predicted molar refractivity (Wildman–Crippen MR) is 75.6 cm³/mol. The first-order valence-electron chi connectivity index (χ1n) is 6.62. The molecule has 0 radical (unpaired) electrons. The maximum atomic E-state index is 11.2. The van der Waals surface area contributed by atoms with E-state index in [4.69, 9.17) is 0 Å². The summed E-state index contributed by atoms with van der Waals surface area (Å²) >= 11 is 0. The van der Waals surface area contributed by atoms with Crippen LogP contribution in [0.25, 0.3) is 0 Å². The highest BCUT2D eigenvalue weighted by atomic mass is 16.6. The van der Waals surface area contributed by atoms with E-state index in [2.05, 4.69) is 10.3 Å². The summed E-state index contributed by atoms with van der Waals surface area (Å²) in [7, 11) is 1.76. The monoisotopic (exact) mass is 264 g/mol. The molecule has 6 nitrogen and oxygen atoms in total. The third-order valence-electron chi connectivity index (χ3n) is 3.35. The first-order valence-corrected chi connectivity index (χ1v) is 6.62. The SMILES string of the molecule is CNc1ccc([N+](=O)[O-])c(N(CC2CC2)C(C)C)n1. The van der Waals surface area contributed by atoms with E-state index in [0.29, 0.717) is 17.6 Å². The summed E-state index contributed by atoms with van der Waals surface area (Å²) in [5, 5.41) is 14.1. The fourth-order valence-electron chi connectivity index (χ4n) is 2.05. The van der Waals surface area contributed by atoms with Gasteiger partial charge in [0.25, 0.3) is 0 Å². The molecular formula is C13H20N4O2. The van der Waals surface area contributed by atoms with Gasteiger partial charge in [0.1, 0.15) is 5.82 Å². The maximum absolute atomic E-state index is 11.2. The fourth-order valence-corrected chi connectivity index (χ4v) is 2.05. The lowest BCUT2D eigenvalue weighted by Gasteiger charge is -2.27. The van der Waals surface area contributed by atoms with Crippen LogP contribution in [0, 0.1) is 16.0 Å². The number of nitrogens with one attached hydrogen (secondary N) is 1. The Balaban J connectivity index is 2.39. The van der Waals surface area contributed by atoms with E-state index in [1.54, 1.807) is 13.1 Å². The summed E-state index contributed by atoms with van der Waals surface area (Å²) < 4.78 is 0. The van der Waals surface area contributed by atoms with Gasteiger partial charge in [-0.05, 0) is 38.7 Å². The van der Waals surface area contributed by atoms with Crippen molar-refractivity contribution in [2.24, 2.45) is 5.92 Å². The third-order valence-corrected chi connectivity index (χ3v) is 3.35. The van der Waals surface area contributed by atoms with Crippen LogP contribution in [0.15, 0.2) is 12.1 Å². The standard InChI is InChI=1S/C13H20N4O2/c1-9(2)16(8-10-4-5-10)13-11(17(18)19)6-7-12(14-3)15-13/h6-7,9-10H,4-5,8H2,1-3H3,(H,14,15). The van der Waals surface area contributed by atoms with E-state index >= 15 is 0 Å². The molecule has 0 aliphatic heterocycles. The van der Waals surface area contributed by atoms with Crippen LogP contribution in [0.5, 0.6) is 0 Å². The molecule has 1 N–H and O–H groups in total. The van der Waals surface area contributed by atoms with E-state index in [1.165, 1.54) is 18.9 Å². The zero-order chi connectivity index (χ0) is 14.0. The van der Waals surface area contributed by atoms with Crippen LogP contribution in [-0.4, -0.2) is 29.5 Å². The molecule has 1 saturated carbocycles. The van der Waals surface area contributed by atoms with E-state index in [9.17, 15) is 10.1 Å². The van der Waals surface area contributed by atoms with Gasteiger partial charge in [0, 0.05) is 25.7 Å². The summed E-state index contributed by atoms with van der Waals surface area (Å²) in [6, 6.07) is 3.35. The van der Waals surface area contributed by atoms with Crippen molar-refractivity contribution < 1.29 is 4.92 Å². The van der Waals surface area contributed by atoms with Gasteiger partial charge in [-0.1, -0.05) is 0 Å². The first kappa shape index (κ1) is 13.6. The molecule has 0 unspecified atom stereocenters. The van der Waals surface area contributed by atoms with E-state index < -0.39 is 0 Å². The Bertz CT molecular complexity index is 472. The highest BCUT2D eigenvalue weighted by Crippen LogP contribution is 2.35. The zero-order valence-electron chi connectivity index (χ0n) is 11.6. The lowest BCUT2D eigenvalue weighted by Crippen LogP contribution is -2.34. The van der Waals surface area contributed by atoms with Crippen molar-refractivity contribution in [3.8, 4) is 0 Å². The second kappa shape index (κ2) is 5.42. The molecular weight excluding hydrogens is 244 g/mol. The van der Waals surface area contributed by atoms with Crippen LogP contribution in [0.1, 0.15) is 26.7 Å². The van der Waals surface area contributed by atoms with Crippen molar-refractivity contribution in [3.63, 3.8) is 0 Å². The average molecular weight is 264 g/mol. The summed E-state index contributed by atoms with van der Waals surface area (Å²) in [5.74, 6) is 1.78. The molecule has 1 aromatic rings. The molecule has 0 saturated heterocycles. The number of pyridine rings is 1. The maximum Gasteiger partial charge on any atom is 0.311 e. The number of anilines is 2. The quantitative estimate of drug-likeness (QED) is 0.631. The van der Waals surface area contributed by atoms with E-state index in [0.717, 1.165) is 6.54 Å². The summed E-state index contributed by atoms with van der Waals surface area (Å²) in [5.41, 5.74) is 0.0772. The molecule has 0 spiro atoms. The molecule has 1 fully saturated rings. The molecule has 6 heteroatoms. The van der Waals surface area contributed by atoms with Gasteiger partial charge in [-0.15, -0.1) is 0 Å². The van der Waals surface area contributed by atoms with Crippen LogP contribution >= 0.6 is 0 Å². The Labute approximate surface area is 113 Å². The number of nitro groups is 1. The van der Waals surface area contributed by atoms with Crippen molar-refractivity contribution in [2.45, 2.75) is 32.7 Å². The first-order chi connectivity index (χ1) is 9.02. The largest absolute Gasteiger partial charge is 0.373 e. The van der Waals surface area contributed by atoms with Gasteiger partial charge in [-0.2, -0.15) is 0 Å². The van der Waals surface area contributed by atoms with E-state index in [1.807, 2.05) is 18.7 Å². The minimum Gasteiger partial charge on any atom is -0.373 e. The van der Waals surface area contributed by atoms with Gasteiger partial charge in [0.2, 0.25) is 5.82 Å². The average Bonchev–Trinajstić information content (AvgIpc) is 3.18. The van der Waals surface area contributed by atoms with Crippen molar-refractivity contribution in [2.75, 3.05) is 23.8 Å². The molecule has 1 aromatic heterocycles. The number of nitrogens with zero attached hydrogens (tertiary/aromatic N) is 3. The second-order valence-electron chi connectivity index (χ2n) is 5.24. The fraction of sp³-hybridized carbons (Fsp3) is 0.615. The smallest absolute Gasteiger partial charge is 0.311 e. The van der Waals surface area contributed by atoms with Crippen LogP contribution in [0.3, 0.4) is 0 Å². The van der Waals surface area contributed by atoms with Crippen molar-refractivity contribution >= 4 is 17.3 Å². The van der Waals surface area contributed by atoms with Gasteiger partial charge in [0.15, 0.2) is 0 Å². The van der Waals surface area contributed by atoms with Crippen molar-refractivity contribution in [3.05, 3.63) is 22.2 Å². The number of hydrogen-bond donors (Lipinski definition) is 1. The molecule has 1 aliphatic rings. The Kier molecular flexibility index (Phi) is 3.87. The van der Waals surface area contributed by atoms with Gasteiger partial charge < -0.3 is 10.2 Å². The third kappa shape index (κ3) is 3.13. The molecule has 0 atom stereocenters. The minimum absolute atomic E-state index is 0.0772. The predicted octanol–water partition coefficient (Wildman–Crippen LogP) is 2.66. The van der Waals surface area contributed by atoms with Crippen LogP contribution in [-0.2, 0) is 0 Å². The number of rotatable bonds is 6. The molecule has 19 heavy (non-hydrogen) atoms. The van der Waals surface area contributed by atoms with E-state index in [-0.39, 0.29) is 16.7 Å². The van der Waals surface area contributed by atoms with Crippen LogP contribution < -0.4 is 10.2 Å². The highest BCUT2D eigenvalue weighted by molar-refractivity contribution is 5.62. The Morgan fingerprint density at radius 2 is 2.21 bits per heavy atom. The lowest BCUT2D eigenvalue weighted by atomic mass is 10.2. The van der Waals surface area contributed by atoms with Crippen molar-refractivity contribution in [1.29, 1.82) is 0 Å². The van der Waals surface area contributed by atoms with Crippen LogP contribution in [0.2, 0.25) is 0 Å². The summed E-state index contributed by atoms with van der Waals surface area (Å²) in [6.45, 7) is 4.93. The molecule has 0 aromatic carbocycles. The normalized spacial score (nSPS) is 14.5. The lowest BCUT2D eigenvalue weighted by molar-refractivity contribution is -0.384. The summed E-state index contributed by atoms with van der Waals surface area (Å²) in [4.78, 5) is 17.2. The highest BCUT2D eigenvalue weighted by Gasteiger charge is 2.30. The Morgan fingerprint density at radius 1 is 1.53 bits per heavy atom. The van der Waals surface area contributed by atoms with Gasteiger partial charge in [-0.3, -0.25) is 10.1 Å². The summed E-state index contributed by atoms with van der Waals surface area (Å²) in [6.07, 6.45) is 2.42. The molecule has 2 rings (SSSR count). The topological polar surface area (TPSA) is 71.3 Å². The van der Waals surface area contributed by atoms with Gasteiger partial charge >= 0.3 is 5.69 Å². The molecule has 0 amide bonds. The number of aromatic nitrogens is 1. The Morgan fingerprint density at radius 3 is 2.68 bits per heavy atom. The minimum atomic E-state index is -0.357. The van der Waals surface area contributed by atoms with Crippen molar-refractivity contribution in [1.82, 2.24) is 4.98 Å². The van der Waals surface area contributed by atoms with Gasteiger partial charge in [0.05, 0.1) is 4.92 Å². The molecule has 1 aliphatic carbocycles. The molecule has 0 bridgehead atoms. The van der Waals surface area contributed by atoms with Crippen LogP contribution in [0.4, 0.5) is 17.3 Å². The molecule has 104 valence electrons. The zero-order valence-corrected chi connectivity index (χ0v) is 11.6.